The van der Waals surface area contributed by atoms with Crippen LogP contribution in [0.1, 0.15) is 54.4 Å². The molecule has 5 nitrogen and oxygen atoms in total. The Hall–Kier alpha value is -3.57. The smallest absolute Gasteiger partial charge is 0.221 e. The van der Waals surface area contributed by atoms with Crippen molar-refractivity contribution in [3.05, 3.63) is 101 Å². The van der Waals surface area contributed by atoms with E-state index < -0.39 is 0 Å². The fourth-order valence-corrected chi connectivity index (χ4v) is 5.64. The van der Waals surface area contributed by atoms with E-state index in [2.05, 4.69) is 89.0 Å². The second kappa shape index (κ2) is 11.7. The van der Waals surface area contributed by atoms with E-state index in [1.165, 1.54) is 22.0 Å². The Labute approximate surface area is 219 Å². The maximum absolute atomic E-state index is 13.4. The average Bonchev–Trinajstić information content (AvgIpc) is 3.37. The van der Waals surface area contributed by atoms with Crippen LogP contribution in [0.3, 0.4) is 0 Å². The highest BCUT2D eigenvalue weighted by Crippen LogP contribution is 2.36. The molecule has 1 aromatic heterocycles. The molecule has 1 saturated heterocycles. The molecule has 1 amide bonds. The van der Waals surface area contributed by atoms with Crippen molar-refractivity contribution >= 4 is 16.8 Å². The van der Waals surface area contributed by atoms with Gasteiger partial charge in [0.2, 0.25) is 5.91 Å². The lowest BCUT2D eigenvalue weighted by Gasteiger charge is -2.32. The Morgan fingerprint density at radius 1 is 1.05 bits per heavy atom. The van der Waals surface area contributed by atoms with Gasteiger partial charge in [-0.3, -0.25) is 9.69 Å². The Kier molecular flexibility index (Phi) is 7.90. The number of fused-ring (bicyclic) bond motifs is 1. The normalized spacial score (nSPS) is 15.5. The minimum absolute atomic E-state index is 0.0610. The molecular weight excluding hydrogens is 458 g/mol. The number of amides is 1. The van der Waals surface area contributed by atoms with Crippen molar-refractivity contribution in [2.75, 3.05) is 20.2 Å². The number of aryl methyl sites for hydroxylation is 1. The number of aromatic nitrogens is 1. The molecule has 2 heterocycles. The molecule has 3 aromatic carbocycles. The maximum Gasteiger partial charge on any atom is 0.221 e. The largest absolute Gasteiger partial charge is 0.497 e. The van der Waals surface area contributed by atoms with Crippen LogP contribution in [0, 0.1) is 0 Å². The number of nitrogens with one attached hydrogen (secondary N) is 2. The first-order valence-electron chi connectivity index (χ1n) is 13.4. The number of carbonyl (C=O) groups is 1. The number of rotatable bonds is 9. The van der Waals surface area contributed by atoms with Gasteiger partial charge in [0.1, 0.15) is 5.75 Å². The maximum atomic E-state index is 13.4. The van der Waals surface area contributed by atoms with Gasteiger partial charge in [-0.25, -0.2) is 0 Å². The molecule has 37 heavy (non-hydrogen) atoms. The van der Waals surface area contributed by atoms with Crippen LogP contribution in [0.15, 0.2) is 79.0 Å². The summed E-state index contributed by atoms with van der Waals surface area (Å²) in [7, 11) is 1.68. The number of nitrogens with zero attached hydrogens (tertiary/aromatic N) is 1. The number of piperidine rings is 1. The van der Waals surface area contributed by atoms with E-state index in [0.717, 1.165) is 55.8 Å². The lowest BCUT2D eigenvalue weighted by atomic mass is 9.87. The first-order chi connectivity index (χ1) is 18.1. The summed E-state index contributed by atoms with van der Waals surface area (Å²) in [4.78, 5) is 19.4. The molecule has 1 atom stereocenters. The number of ether oxygens (including phenoxy) is 1. The molecule has 5 rings (SSSR count). The number of carbonyl (C=O) groups excluding carboxylic acids is 1. The SMILES string of the molecule is CCc1cccc2c([C@H](CC(=O)NC3CCN(Cc4ccccc4)CC3)c3cccc(OC)c3)c[nH]c12. The van der Waals surface area contributed by atoms with Crippen LogP contribution in [0.2, 0.25) is 0 Å². The van der Waals surface area contributed by atoms with E-state index >= 15 is 0 Å². The number of hydrogen-bond donors (Lipinski definition) is 2. The van der Waals surface area contributed by atoms with Crippen LogP contribution in [0.4, 0.5) is 0 Å². The second-order valence-corrected chi connectivity index (χ2v) is 10.1. The molecule has 0 radical (unpaired) electrons. The fraction of sp³-hybridized carbons (Fsp3) is 0.344. The zero-order valence-corrected chi connectivity index (χ0v) is 21.9. The van der Waals surface area contributed by atoms with Gasteiger partial charge in [-0.2, -0.15) is 0 Å². The highest BCUT2D eigenvalue weighted by Gasteiger charge is 2.25. The molecule has 192 valence electrons. The van der Waals surface area contributed by atoms with Crippen molar-refractivity contribution < 1.29 is 9.53 Å². The zero-order chi connectivity index (χ0) is 25.6. The van der Waals surface area contributed by atoms with E-state index in [0.29, 0.717) is 6.42 Å². The molecule has 0 bridgehead atoms. The minimum atomic E-state index is -0.0610. The molecule has 0 saturated carbocycles. The van der Waals surface area contributed by atoms with Gasteiger partial charge < -0.3 is 15.0 Å². The summed E-state index contributed by atoms with van der Waals surface area (Å²) >= 11 is 0. The zero-order valence-electron chi connectivity index (χ0n) is 21.9. The van der Waals surface area contributed by atoms with Crippen molar-refractivity contribution in [3.8, 4) is 5.75 Å². The van der Waals surface area contributed by atoms with Crippen molar-refractivity contribution in [1.82, 2.24) is 15.2 Å². The first-order valence-corrected chi connectivity index (χ1v) is 13.4. The quantitative estimate of drug-likeness (QED) is 0.298. The fourth-order valence-electron chi connectivity index (χ4n) is 5.64. The summed E-state index contributed by atoms with van der Waals surface area (Å²) in [6.45, 7) is 5.15. The summed E-state index contributed by atoms with van der Waals surface area (Å²) < 4.78 is 5.51. The van der Waals surface area contributed by atoms with Crippen LogP contribution < -0.4 is 10.1 Å². The predicted octanol–water partition coefficient (Wildman–Crippen LogP) is 6.04. The van der Waals surface area contributed by atoms with E-state index in [9.17, 15) is 4.79 Å². The van der Waals surface area contributed by atoms with Gasteiger partial charge in [0, 0.05) is 55.1 Å². The summed E-state index contributed by atoms with van der Waals surface area (Å²) in [6.07, 6.45) is 5.42. The Morgan fingerprint density at radius 2 is 1.84 bits per heavy atom. The van der Waals surface area contributed by atoms with Gasteiger partial charge in [-0.1, -0.05) is 67.6 Å². The van der Waals surface area contributed by atoms with Crippen LogP contribution in [0.25, 0.3) is 10.9 Å². The number of benzene rings is 3. The van der Waals surface area contributed by atoms with Gasteiger partial charge in [0.25, 0.3) is 0 Å². The molecule has 1 aliphatic heterocycles. The molecule has 1 fully saturated rings. The number of H-pyrrole nitrogens is 1. The lowest BCUT2D eigenvalue weighted by molar-refractivity contribution is -0.122. The molecule has 5 heteroatoms. The highest BCUT2D eigenvalue weighted by molar-refractivity contribution is 5.88. The van der Waals surface area contributed by atoms with E-state index in [1.54, 1.807) is 7.11 Å². The summed E-state index contributed by atoms with van der Waals surface area (Å²) in [5.74, 6) is 0.854. The average molecular weight is 496 g/mol. The molecule has 4 aromatic rings. The molecule has 0 aliphatic carbocycles. The van der Waals surface area contributed by atoms with Gasteiger partial charge >= 0.3 is 0 Å². The standard InChI is InChI=1S/C32H37N3O2/c1-3-24-11-8-14-28-30(21-33-32(24)28)29(25-12-7-13-27(19-25)37-2)20-31(36)34-26-15-17-35(18-16-26)22-23-9-5-4-6-10-23/h4-14,19,21,26,29,33H,3,15-18,20,22H2,1-2H3,(H,34,36)/t29-/m1/s1. The number of para-hydroxylation sites is 1. The predicted molar refractivity (Wildman–Crippen MR) is 150 cm³/mol. The summed E-state index contributed by atoms with van der Waals surface area (Å²) in [5, 5.41) is 4.55. The number of aromatic amines is 1. The Bertz CT molecular complexity index is 1320. The van der Waals surface area contributed by atoms with Crippen molar-refractivity contribution in [1.29, 1.82) is 0 Å². The molecule has 1 aliphatic rings. The van der Waals surface area contributed by atoms with E-state index in [-0.39, 0.29) is 17.9 Å². The minimum Gasteiger partial charge on any atom is -0.497 e. The van der Waals surface area contributed by atoms with Gasteiger partial charge in [0.05, 0.1) is 7.11 Å². The third-order valence-corrected chi connectivity index (χ3v) is 7.68. The summed E-state index contributed by atoms with van der Waals surface area (Å²) in [6, 6.07) is 25.4. The van der Waals surface area contributed by atoms with Crippen LogP contribution >= 0.6 is 0 Å². The van der Waals surface area contributed by atoms with Gasteiger partial charge in [-0.05, 0) is 53.6 Å². The van der Waals surface area contributed by atoms with E-state index in [1.807, 2.05) is 12.1 Å². The van der Waals surface area contributed by atoms with Crippen LogP contribution in [0.5, 0.6) is 5.75 Å². The van der Waals surface area contributed by atoms with Gasteiger partial charge in [-0.15, -0.1) is 0 Å². The van der Waals surface area contributed by atoms with Crippen LogP contribution in [-0.4, -0.2) is 42.0 Å². The second-order valence-electron chi connectivity index (χ2n) is 10.1. The molecule has 0 unspecified atom stereocenters. The highest BCUT2D eigenvalue weighted by atomic mass is 16.5. The van der Waals surface area contributed by atoms with Crippen molar-refractivity contribution in [3.63, 3.8) is 0 Å². The third kappa shape index (κ3) is 5.89. The molecule has 0 spiro atoms. The number of methoxy groups -OCH3 is 1. The van der Waals surface area contributed by atoms with Crippen molar-refractivity contribution in [2.24, 2.45) is 0 Å². The first kappa shape index (κ1) is 25.1. The number of hydrogen-bond acceptors (Lipinski definition) is 3. The van der Waals surface area contributed by atoms with Crippen molar-refractivity contribution in [2.45, 2.75) is 51.1 Å². The molecule has 2 N–H and O–H groups in total. The number of likely N-dealkylation sites (tertiary alicyclic amines) is 1. The van der Waals surface area contributed by atoms with E-state index in [4.69, 9.17) is 4.74 Å². The topological polar surface area (TPSA) is 57.4 Å². The monoisotopic (exact) mass is 495 g/mol. The van der Waals surface area contributed by atoms with Gasteiger partial charge in [0.15, 0.2) is 0 Å². The molecular formula is C32H37N3O2. The summed E-state index contributed by atoms with van der Waals surface area (Å²) in [5.41, 5.74) is 6.05. The Balaban J connectivity index is 1.30. The van der Waals surface area contributed by atoms with Crippen LogP contribution in [-0.2, 0) is 17.8 Å². The Morgan fingerprint density at radius 3 is 2.59 bits per heavy atom. The third-order valence-electron chi connectivity index (χ3n) is 7.68. The lowest BCUT2D eigenvalue weighted by Crippen LogP contribution is -2.44.